The van der Waals surface area contributed by atoms with Crippen molar-refractivity contribution >= 4 is 11.4 Å². The highest BCUT2D eigenvalue weighted by Gasteiger charge is 2.66. The van der Waals surface area contributed by atoms with Gasteiger partial charge in [0.25, 0.3) is 0 Å². The normalized spacial score (nSPS) is 34.0. The summed E-state index contributed by atoms with van der Waals surface area (Å²) in [6.07, 6.45) is 5.53. The zero-order valence-corrected chi connectivity index (χ0v) is 16.4. The fourth-order valence-electron chi connectivity index (χ4n) is 6.17. The Morgan fingerprint density at radius 1 is 1.04 bits per heavy atom. The molecule has 1 aromatic heterocycles. The Hall–Kier alpha value is -2.37. The van der Waals surface area contributed by atoms with Crippen LogP contribution in [0.3, 0.4) is 0 Å². The molecular weight excluding hydrogens is 358 g/mol. The maximum Gasteiger partial charge on any atom is 0.135 e. The lowest BCUT2D eigenvalue weighted by atomic mass is 9.61. The fourth-order valence-corrected chi connectivity index (χ4v) is 6.17. The van der Waals surface area contributed by atoms with E-state index in [1.165, 1.54) is 18.2 Å². The van der Waals surface area contributed by atoms with Crippen LogP contribution in [-0.4, -0.2) is 21.2 Å². The molecule has 1 aliphatic heterocycles. The summed E-state index contributed by atoms with van der Waals surface area (Å²) >= 11 is 0. The summed E-state index contributed by atoms with van der Waals surface area (Å²) in [5, 5.41) is 13.8. The highest BCUT2D eigenvalue weighted by atomic mass is 19.1. The highest BCUT2D eigenvalue weighted by Crippen LogP contribution is 2.65. The second kappa shape index (κ2) is 5.82. The average Bonchev–Trinajstić information content (AvgIpc) is 3.15. The molecule has 0 saturated heterocycles. The van der Waals surface area contributed by atoms with Gasteiger partial charge in [0.15, 0.2) is 0 Å². The van der Waals surface area contributed by atoms with Gasteiger partial charge in [-0.1, -0.05) is 26.3 Å². The molecule has 0 amide bonds. The smallest absolute Gasteiger partial charge is 0.135 e. The lowest BCUT2D eigenvalue weighted by molar-refractivity contribution is 0.239. The number of aromatic nitrogens is 2. The van der Waals surface area contributed by atoms with Gasteiger partial charge in [-0.3, -0.25) is 4.68 Å². The van der Waals surface area contributed by atoms with Crippen molar-refractivity contribution < 1.29 is 8.78 Å². The molecular formula is C22H24F2N4. The predicted molar refractivity (Wildman–Crippen MR) is 104 cm³/mol. The minimum absolute atomic E-state index is 0.0274. The van der Waals surface area contributed by atoms with Crippen molar-refractivity contribution in [1.82, 2.24) is 9.78 Å². The van der Waals surface area contributed by atoms with Crippen LogP contribution in [0.25, 0.3) is 0 Å². The van der Waals surface area contributed by atoms with Crippen LogP contribution < -0.4 is 0 Å². The van der Waals surface area contributed by atoms with Crippen molar-refractivity contribution in [2.24, 2.45) is 34.5 Å². The molecule has 146 valence electrons. The van der Waals surface area contributed by atoms with Gasteiger partial charge in [0.2, 0.25) is 0 Å². The average molecular weight is 382 g/mol. The van der Waals surface area contributed by atoms with Gasteiger partial charge >= 0.3 is 0 Å². The van der Waals surface area contributed by atoms with Crippen LogP contribution in [0.15, 0.2) is 40.7 Å². The second-order valence-corrected chi connectivity index (χ2v) is 8.70. The van der Waals surface area contributed by atoms with E-state index in [4.69, 9.17) is 5.10 Å². The van der Waals surface area contributed by atoms with Crippen LogP contribution in [0.1, 0.15) is 50.8 Å². The first-order valence-electron chi connectivity index (χ1n) is 10.00. The van der Waals surface area contributed by atoms with Crippen LogP contribution in [0.4, 0.5) is 8.78 Å². The summed E-state index contributed by atoms with van der Waals surface area (Å²) in [7, 11) is 1.93. The largest absolute Gasteiger partial charge is 0.276 e. The summed E-state index contributed by atoms with van der Waals surface area (Å²) in [5.74, 6) is -0.474. The molecule has 28 heavy (non-hydrogen) atoms. The lowest BCUT2D eigenvalue weighted by Crippen LogP contribution is -2.47. The van der Waals surface area contributed by atoms with Gasteiger partial charge in [-0.2, -0.15) is 15.3 Å². The summed E-state index contributed by atoms with van der Waals surface area (Å²) in [5.41, 5.74) is 2.08. The molecule has 4 atom stereocenters. The topological polar surface area (TPSA) is 42.5 Å². The number of nitrogens with zero attached hydrogens (tertiary/aromatic N) is 4. The Morgan fingerprint density at radius 3 is 2.46 bits per heavy atom. The maximum absolute atomic E-state index is 14.4. The number of hydrogen-bond donors (Lipinski definition) is 0. The van der Waals surface area contributed by atoms with Gasteiger partial charge in [-0.15, -0.1) is 0 Å². The van der Waals surface area contributed by atoms with Gasteiger partial charge < -0.3 is 0 Å². The van der Waals surface area contributed by atoms with Gasteiger partial charge in [0.05, 0.1) is 28.1 Å². The number of halogens is 2. The van der Waals surface area contributed by atoms with E-state index >= 15 is 0 Å². The Morgan fingerprint density at radius 2 is 1.79 bits per heavy atom. The van der Waals surface area contributed by atoms with Crippen molar-refractivity contribution in [3.05, 3.63) is 53.4 Å². The van der Waals surface area contributed by atoms with E-state index < -0.39 is 11.6 Å². The van der Waals surface area contributed by atoms with Crippen LogP contribution in [0.5, 0.6) is 0 Å². The van der Waals surface area contributed by atoms with E-state index in [0.717, 1.165) is 30.7 Å². The maximum atomic E-state index is 14.4. The zero-order chi connectivity index (χ0) is 19.7. The Bertz CT molecular complexity index is 1000. The van der Waals surface area contributed by atoms with Crippen LogP contribution in [0.2, 0.25) is 0 Å². The number of aryl methyl sites for hydroxylation is 1. The van der Waals surface area contributed by atoms with E-state index in [0.29, 0.717) is 24.0 Å². The first kappa shape index (κ1) is 17.7. The van der Waals surface area contributed by atoms with Gasteiger partial charge in [0.1, 0.15) is 11.6 Å². The van der Waals surface area contributed by atoms with Crippen LogP contribution >= 0.6 is 0 Å². The minimum atomic E-state index is -0.570. The molecule has 6 heteroatoms. The first-order valence-corrected chi connectivity index (χ1v) is 10.00. The molecule has 1 aromatic carbocycles. The Labute approximate surface area is 163 Å². The van der Waals surface area contributed by atoms with Gasteiger partial charge in [-0.05, 0) is 42.9 Å². The Kier molecular flexibility index (Phi) is 3.68. The third-order valence-corrected chi connectivity index (χ3v) is 7.66. The minimum Gasteiger partial charge on any atom is -0.276 e. The van der Waals surface area contributed by atoms with E-state index in [-0.39, 0.29) is 16.4 Å². The lowest BCUT2D eigenvalue weighted by Gasteiger charge is -2.43. The molecule has 2 bridgehead atoms. The second-order valence-electron chi connectivity index (χ2n) is 8.70. The standard InChI is InChI=1S/C22H24F2N4/c1-13-14(2)22(18-8-11-28(3)27-18)10-5-9-21(13)12-17(25-26-20(21)22)19-15(23)6-4-7-16(19)24/h4,6-8,11,13-14H,5,9-10,12H2,1-3H3. The monoisotopic (exact) mass is 382 g/mol. The summed E-state index contributed by atoms with van der Waals surface area (Å²) in [6, 6.07) is 6.05. The molecule has 2 heterocycles. The molecule has 0 spiro atoms. The molecule has 3 aliphatic rings. The third kappa shape index (κ3) is 2.06. The van der Waals surface area contributed by atoms with Gasteiger partial charge in [0, 0.05) is 25.1 Å². The van der Waals surface area contributed by atoms with E-state index in [9.17, 15) is 8.78 Å². The number of hydrogen-bond acceptors (Lipinski definition) is 3. The van der Waals surface area contributed by atoms with Gasteiger partial charge in [-0.25, -0.2) is 8.78 Å². The van der Waals surface area contributed by atoms with E-state index in [1.807, 2.05) is 17.9 Å². The van der Waals surface area contributed by atoms with Crippen molar-refractivity contribution in [2.45, 2.75) is 44.9 Å². The third-order valence-electron chi connectivity index (χ3n) is 7.66. The van der Waals surface area contributed by atoms with Crippen molar-refractivity contribution in [3.8, 4) is 0 Å². The Balaban J connectivity index is 1.70. The van der Waals surface area contributed by atoms with Crippen molar-refractivity contribution in [3.63, 3.8) is 0 Å². The van der Waals surface area contributed by atoms with E-state index in [2.05, 4.69) is 30.1 Å². The molecule has 2 aromatic rings. The number of rotatable bonds is 2. The van der Waals surface area contributed by atoms with Crippen LogP contribution in [0, 0.1) is 28.9 Å². The summed E-state index contributed by atoms with van der Waals surface area (Å²) in [6.45, 7) is 4.54. The van der Waals surface area contributed by atoms with Crippen molar-refractivity contribution in [1.29, 1.82) is 0 Å². The molecule has 2 aliphatic carbocycles. The molecule has 4 nitrogen and oxygen atoms in total. The number of benzene rings is 1. The van der Waals surface area contributed by atoms with Crippen LogP contribution in [-0.2, 0) is 12.5 Å². The molecule has 0 radical (unpaired) electrons. The molecule has 5 rings (SSSR count). The molecule has 2 saturated carbocycles. The zero-order valence-electron chi connectivity index (χ0n) is 16.4. The highest BCUT2D eigenvalue weighted by molar-refractivity contribution is 6.11. The van der Waals surface area contributed by atoms with E-state index in [1.54, 1.807) is 0 Å². The molecule has 0 N–H and O–H groups in total. The predicted octanol–water partition coefficient (Wildman–Crippen LogP) is 4.64. The molecule has 2 fully saturated rings. The first-order chi connectivity index (χ1) is 13.4. The quantitative estimate of drug-likeness (QED) is 0.746. The molecule has 4 unspecified atom stereocenters. The summed E-state index contributed by atoms with van der Waals surface area (Å²) < 4.78 is 30.7. The fraction of sp³-hybridized carbons (Fsp3) is 0.500. The SMILES string of the molecule is CC1C(C)C2(c3ccn(C)n3)CCCC13CC(c1c(F)cccc1F)=NN=C32. The van der Waals surface area contributed by atoms with Crippen molar-refractivity contribution in [2.75, 3.05) is 0 Å². The summed E-state index contributed by atoms with van der Waals surface area (Å²) in [4.78, 5) is 0.